The molecule has 0 aliphatic rings. The largest absolute Gasteiger partial charge is 0.486 e. The molecule has 0 spiro atoms. The molecule has 0 aliphatic heterocycles. The summed E-state index contributed by atoms with van der Waals surface area (Å²) in [6.07, 6.45) is 0. The summed E-state index contributed by atoms with van der Waals surface area (Å²) in [6.45, 7) is 5.82. The Morgan fingerprint density at radius 3 is 2.58 bits per heavy atom. The number of carbonyl (C=O) groups excluding carboxylic acids is 1. The van der Waals surface area contributed by atoms with Crippen LogP contribution >= 0.6 is 0 Å². The van der Waals surface area contributed by atoms with Crippen LogP contribution in [-0.2, 0) is 6.61 Å². The zero-order valence-corrected chi connectivity index (χ0v) is 14.8. The van der Waals surface area contributed by atoms with Gasteiger partial charge in [-0.05, 0) is 68.8 Å². The van der Waals surface area contributed by atoms with E-state index in [1.54, 1.807) is 12.1 Å². The molecule has 6 heteroatoms. The van der Waals surface area contributed by atoms with Gasteiger partial charge in [0.05, 0.1) is 11.4 Å². The van der Waals surface area contributed by atoms with E-state index in [2.05, 4.69) is 10.3 Å². The van der Waals surface area contributed by atoms with E-state index in [1.807, 2.05) is 26.8 Å². The average molecular weight is 354 g/mol. The highest BCUT2D eigenvalue weighted by Gasteiger charge is 2.15. The van der Waals surface area contributed by atoms with E-state index in [4.69, 9.17) is 9.15 Å². The topological polar surface area (TPSA) is 64.4 Å². The molecule has 26 heavy (non-hydrogen) atoms. The Morgan fingerprint density at radius 2 is 1.88 bits per heavy atom. The molecule has 0 aliphatic carbocycles. The lowest BCUT2D eigenvalue weighted by atomic mass is 10.1. The second kappa shape index (κ2) is 7.39. The Kier molecular flexibility index (Phi) is 5.02. The molecule has 1 aromatic carbocycles. The van der Waals surface area contributed by atoms with Gasteiger partial charge >= 0.3 is 0 Å². The molecule has 134 valence electrons. The summed E-state index contributed by atoms with van der Waals surface area (Å²) in [5.41, 5.74) is 3.27. The van der Waals surface area contributed by atoms with Crippen molar-refractivity contribution in [2.75, 3.05) is 5.32 Å². The lowest BCUT2D eigenvalue weighted by molar-refractivity contribution is 0.0992. The predicted molar refractivity (Wildman–Crippen MR) is 95.8 cm³/mol. The number of halogens is 1. The van der Waals surface area contributed by atoms with Gasteiger partial charge in [-0.2, -0.15) is 0 Å². The highest BCUT2D eigenvalue weighted by Crippen LogP contribution is 2.21. The number of amides is 1. The Morgan fingerprint density at radius 1 is 1.15 bits per heavy atom. The van der Waals surface area contributed by atoms with Crippen LogP contribution in [0.2, 0.25) is 0 Å². The van der Waals surface area contributed by atoms with Crippen LogP contribution in [0.25, 0.3) is 0 Å². The summed E-state index contributed by atoms with van der Waals surface area (Å²) < 4.78 is 23.9. The average Bonchev–Trinajstić information content (AvgIpc) is 3.06. The van der Waals surface area contributed by atoms with Crippen molar-refractivity contribution in [1.82, 2.24) is 4.98 Å². The van der Waals surface area contributed by atoms with Gasteiger partial charge in [0.25, 0.3) is 5.91 Å². The number of anilines is 1. The first-order valence-corrected chi connectivity index (χ1v) is 8.15. The Labute approximate surface area is 150 Å². The van der Waals surface area contributed by atoms with Crippen LogP contribution in [-0.4, -0.2) is 10.9 Å². The highest BCUT2D eigenvalue weighted by molar-refractivity contribution is 6.03. The van der Waals surface area contributed by atoms with Gasteiger partial charge < -0.3 is 14.5 Å². The number of nitrogens with one attached hydrogen (secondary N) is 1. The summed E-state index contributed by atoms with van der Waals surface area (Å²) in [5, 5.41) is 2.84. The molecule has 1 amide bonds. The molecule has 5 nitrogen and oxygen atoms in total. The number of ether oxygens (including phenoxy) is 1. The number of benzene rings is 1. The van der Waals surface area contributed by atoms with Gasteiger partial charge in [0.1, 0.15) is 23.9 Å². The summed E-state index contributed by atoms with van der Waals surface area (Å²) in [5.74, 6) is 0.517. The number of furan rings is 1. The van der Waals surface area contributed by atoms with E-state index in [1.165, 1.54) is 24.3 Å². The lowest BCUT2D eigenvalue weighted by Gasteiger charge is -2.11. The third kappa shape index (κ3) is 4.08. The fraction of sp³-hybridized carbons (Fsp3) is 0.200. The Bertz CT molecular complexity index is 909. The van der Waals surface area contributed by atoms with Crippen molar-refractivity contribution in [3.8, 4) is 5.75 Å². The second-order valence-corrected chi connectivity index (χ2v) is 6.00. The summed E-state index contributed by atoms with van der Waals surface area (Å²) >= 11 is 0. The summed E-state index contributed by atoms with van der Waals surface area (Å²) in [4.78, 5) is 16.8. The van der Waals surface area contributed by atoms with Crippen LogP contribution in [0.3, 0.4) is 0 Å². The molecular weight excluding hydrogens is 335 g/mol. The number of hydrogen-bond acceptors (Lipinski definition) is 4. The first-order chi connectivity index (χ1) is 12.4. The molecule has 3 rings (SSSR count). The predicted octanol–water partition coefficient (Wildman–Crippen LogP) is 4.57. The first-order valence-electron chi connectivity index (χ1n) is 8.15. The molecule has 0 atom stereocenters. The molecule has 0 unspecified atom stereocenters. The van der Waals surface area contributed by atoms with Gasteiger partial charge in [-0.1, -0.05) is 0 Å². The van der Waals surface area contributed by atoms with Crippen molar-refractivity contribution < 1.29 is 18.3 Å². The molecule has 2 heterocycles. The summed E-state index contributed by atoms with van der Waals surface area (Å²) in [7, 11) is 0. The molecule has 2 aromatic heterocycles. The van der Waals surface area contributed by atoms with Crippen molar-refractivity contribution in [2.45, 2.75) is 27.4 Å². The zero-order valence-electron chi connectivity index (χ0n) is 14.8. The van der Waals surface area contributed by atoms with E-state index in [-0.39, 0.29) is 24.1 Å². The molecular formula is C20H19FN2O3. The van der Waals surface area contributed by atoms with Gasteiger partial charge in [-0.3, -0.25) is 9.78 Å². The third-order valence-electron chi connectivity index (χ3n) is 3.84. The minimum atomic E-state index is -0.352. The molecule has 0 saturated carbocycles. The van der Waals surface area contributed by atoms with Crippen molar-refractivity contribution in [3.63, 3.8) is 0 Å². The van der Waals surface area contributed by atoms with Crippen LogP contribution in [0.5, 0.6) is 5.75 Å². The van der Waals surface area contributed by atoms with Gasteiger partial charge in [-0.15, -0.1) is 0 Å². The number of hydrogen-bond donors (Lipinski definition) is 1. The maximum absolute atomic E-state index is 12.9. The van der Waals surface area contributed by atoms with Gasteiger partial charge in [0, 0.05) is 5.69 Å². The zero-order chi connectivity index (χ0) is 18.7. The van der Waals surface area contributed by atoms with Crippen molar-refractivity contribution >= 4 is 11.6 Å². The SMILES string of the molecule is Cc1cc(C)c(NC(=O)c2ccc(COc3ccc(F)cc3)o2)c(C)n1. The monoisotopic (exact) mass is 354 g/mol. The van der Waals surface area contributed by atoms with Crippen molar-refractivity contribution in [2.24, 2.45) is 0 Å². The minimum Gasteiger partial charge on any atom is -0.486 e. The normalized spacial score (nSPS) is 10.6. The molecule has 0 radical (unpaired) electrons. The molecule has 1 N–H and O–H groups in total. The van der Waals surface area contributed by atoms with Gasteiger partial charge in [-0.25, -0.2) is 4.39 Å². The first kappa shape index (κ1) is 17.7. The van der Waals surface area contributed by atoms with Crippen molar-refractivity contribution in [3.05, 3.63) is 76.8 Å². The Balaban J connectivity index is 1.65. The number of aromatic nitrogens is 1. The van der Waals surface area contributed by atoms with Crippen molar-refractivity contribution in [1.29, 1.82) is 0 Å². The van der Waals surface area contributed by atoms with Gasteiger partial charge in [0.15, 0.2) is 5.76 Å². The molecule has 0 fully saturated rings. The van der Waals surface area contributed by atoms with E-state index in [0.717, 1.165) is 17.0 Å². The van der Waals surface area contributed by atoms with E-state index >= 15 is 0 Å². The molecule has 0 saturated heterocycles. The maximum Gasteiger partial charge on any atom is 0.291 e. The Hall–Kier alpha value is -3.15. The molecule has 3 aromatic rings. The molecule has 0 bridgehead atoms. The number of aryl methyl sites for hydroxylation is 3. The van der Waals surface area contributed by atoms with Crippen LogP contribution in [0.4, 0.5) is 10.1 Å². The van der Waals surface area contributed by atoms with E-state index < -0.39 is 0 Å². The minimum absolute atomic E-state index is 0.142. The van der Waals surface area contributed by atoms with Crippen LogP contribution in [0.1, 0.15) is 33.3 Å². The van der Waals surface area contributed by atoms with E-state index in [9.17, 15) is 9.18 Å². The van der Waals surface area contributed by atoms with Crippen LogP contribution in [0.15, 0.2) is 46.9 Å². The lowest BCUT2D eigenvalue weighted by Crippen LogP contribution is -2.14. The smallest absolute Gasteiger partial charge is 0.291 e. The number of rotatable bonds is 5. The highest BCUT2D eigenvalue weighted by atomic mass is 19.1. The maximum atomic E-state index is 12.9. The fourth-order valence-corrected chi connectivity index (χ4v) is 2.65. The van der Waals surface area contributed by atoms with E-state index in [0.29, 0.717) is 17.2 Å². The van der Waals surface area contributed by atoms with Gasteiger partial charge in [0.2, 0.25) is 0 Å². The summed E-state index contributed by atoms with van der Waals surface area (Å²) in [6, 6.07) is 10.9. The number of pyridine rings is 1. The number of carbonyl (C=O) groups is 1. The number of nitrogens with zero attached hydrogens (tertiary/aromatic N) is 1. The van der Waals surface area contributed by atoms with Crippen LogP contribution < -0.4 is 10.1 Å². The quantitative estimate of drug-likeness (QED) is 0.729. The van der Waals surface area contributed by atoms with Crippen LogP contribution in [0, 0.1) is 26.6 Å². The standard InChI is InChI=1S/C20H19FN2O3/c1-12-10-13(2)22-14(3)19(12)23-20(24)18-9-8-17(26-18)11-25-16-6-4-15(21)5-7-16/h4-10H,11H2,1-3H3,(H,23,24). The third-order valence-corrected chi connectivity index (χ3v) is 3.84. The fourth-order valence-electron chi connectivity index (χ4n) is 2.65. The second-order valence-electron chi connectivity index (χ2n) is 6.00.